The maximum Gasteiger partial charge on any atom is 0.241 e. The number of hydrogen-bond donors (Lipinski definition) is 2. The highest BCUT2D eigenvalue weighted by Gasteiger charge is 2.29. The molecule has 0 atom stereocenters. The average molecular weight is 516 g/mol. The molecule has 2 heterocycles. The van der Waals surface area contributed by atoms with E-state index in [9.17, 15) is 9.59 Å². The third kappa shape index (κ3) is 3.43. The molecule has 0 fully saturated rings. The van der Waals surface area contributed by atoms with E-state index in [0.717, 1.165) is 26.6 Å². The zero-order chi connectivity index (χ0) is 23.2. The van der Waals surface area contributed by atoms with Crippen LogP contribution in [0.4, 0.5) is 28.4 Å². The van der Waals surface area contributed by atoms with Gasteiger partial charge < -0.3 is 20.1 Å². The first-order valence-corrected chi connectivity index (χ1v) is 11.5. The third-order valence-electron chi connectivity index (χ3n) is 5.86. The Labute approximate surface area is 203 Å². The quantitative estimate of drug-likeness (QED) is 0.323. The summed E-state index contributed by atoms with van der Waals surface area (Å²) in [5.41, 5.74) is 3.52. The van der Waals surface area contributed by atoms with Crippen molar-refractivity contribution < 1.29 is 19.1 Å². The highest BCUT2D eigenvalue weighted by Crippen LogP contribution is 2.45. The molecule has 0 radical (unpaired) electrons. The molecule has 7 nitrogen and oxygen atoms in total. The first kappa shape index (κ1) is 20.6. The number of carbonyl (C=O) groups is 2. The molecule has 34 heavy (non-hydrogen) atoms. The zero-order valence-electron chi connectivity index (χ0n) is 17.8. The topological polar surface area (TPSA) is 79.9 Å². The summed E-state index contributed by atoms with van der Waals surface area (Å²) in [5, 5.41) is 8.15. The molecule has 8 heteroatoms. The van der Waals surface area contributed by atoms with Crippen LogP contribution in [0.15, 0.2) is 77.3 Å². The summed E-state index contributed by atoms with van der Waals surface area (Å²) < 4.78 is 11.9. The Morgan fingerprint density at radius 3 is 2.59 bits per heavy atom. The number of ether oxygens (including phenoxy) is 2. The molecule has 0 aromatic heterocycles. The lowest BCUT2D eigenvalue weighted by Gasteiger charge is -2.23. The van der Waals surface area contributed by atoms with Crippen LogP contribution in [0, 0.1) is 0 Å². The fourth-order valence-electron chi connectivity index (χ4n) is 4.30. The van der Waals surface area contributed by atoms with Crippen molar-refractivity contribution >= 4 is 67.0 Å². The van der Waals surface area contributed by atoms with Gasteiger partial charge in [-0.25, -0.2) is 0 Å². The van der Waals surface area contributed by atoms with Gasteiger partial charge >= 0.3 is 0 Å². The van der Waals surface area contributed by atoms with Crippen molar-refractivity contribution in [2.45, 2.75) is 6.42 Å². The summed E-state index contributed by atoms with van der Waals surface area (Å²) in [6.45, 7) is 0.178. The van der Waals surface area contributed by atoms with Crippen LogP contribution >= 0.6 is 15.9 Å². The third-order valence-corrected chi connectivity index (χ3v) is 6.52. The Bertz CT molecular complexity index is 1470. The second-order valence-corrected chi connectivity index (χ2v) is 8.82. The van der Waals surface area contributed by atoms with Crippen LogP contribution in [0.3, 0.4) is 0 Å². The van der Waals surface area contributed by atoms with E-state index in [-0.39, 0.29) is 25.0 Å². The standard InChI is InChI=1S/C26H18BrN3O4/c27-19-10-12-21-26(34-14-33-21)25(19)28-16-6-8-17(9-7-16)30-20-11-5-15-3-1-2-4-18(15)24(20)29-22(31)13-23(30)32/h1-12,28H,13-14H2,(H,29,31). The molecule has 0 saturated heterocycles. The molecular formula is C26H18BrN3O4. The van der Waals surface area contributed by atoms with Gasteiger partial charge in [-0.15, -0.1) is 0 Å². The minimum Gasteiger partial charge on any atom is -0.454 e. The molecule has 0 spiro atoms. The van der Waals surface area contributed by atoms with E-state index in [0.29, 0.717) is 28.6 Å². The van der Waals surface area contributed by atoms with Gasteiger partial charge in [-0.05, 0) is 63.8 Å². The van der Waals surface area contributed by atoms with Gasteiger partial charge in [-0.2, -0.15) is 0 Å². The Balaban J connectivity index is 1.38. The Morgan fingerprint density at radius 2 is 1.74 bits per heavy atom. The first-order valence-electron chi connectivity index (χ1n) is 10.7. The fraction of sp³-hybridized carbons (Fsp3) is 0.0769. The molecule has 6 rings (SSSR count). The van der Waals surface area contributed by atoms with E-state index in [2.05, 4.69) is 26.6 Å². The van der Waals surface area contributed by atoms with Gasteiger partial charge in [-0.3, -0.25) is 14.5 Å². The van der Waals surface area contributed by atoms with Gasteiger partial charge in [0.1, 0.15) is 6.42 Å². The molecule has 2 aliphatic heterocycles. The number of hydrogen-bond acceptors (Lipinski definition) is 5. The van der Waals surface area contributed by atoms with E-state index in [1.54, 1.807) is 4.90 Å². The normalized spacial score (nSPS) is 14.6. The van der Waals surface area contributed by atoms with E-state index in [4.69, 9.17) is 9.47 Å². The van der Waals surface area contributed by atoms with Crippen LogP contribution < -0.4 is 25.0 Å². The molecule has 168 valence electrons. The fourth-order valence-corrected chi connectivity index (χ4v) is 4.71. The molecule has 0 saturated carbocycles. The molecule has 0 bridgehead atoms. The highest BCUT2D eigenvalue weighted by atomic mass is 79.9. The molecule has 2 N–H and O–H groups in total. The number of rotatable bonds is 3. The SMILES string of the molecule is O=C1CC(=O)N(c2ccc(Nc3c(Br)ccc4c3OCO4)cc2)c2ccc3ccccc3c2N1. The molecule has 0 aliphatic carbocycles. The average Bonchev–Trinajstić information content (AvgIpc) is 3.27. The van der Waals surface area contributed by atoms with Crippen molar-refractivity contribution in [1.29, 1.82) is 0 Å². The van der Waals surface area contributed by atoms with Crippen molar-refractivity contribution in [3.63, 3.8) is 0 Å². The summed E-state index contributed by atoms with van der Waals surface area (Å²) in [4.78, 5) is 27.1. The van der Waals surface area contributed by atoms with Crippen LogP contribution in [-0.4, -0.2) is 18.6 Å². The zero-order valence-corrected chi connectivity index (χ0v) is 19.4. The number of fused-ring (bicyclic) bond motifs is 4. The maximum atomic E-state index is 13.1. The van der Waals surface area contributed by atoms with Crippen LogP contribution in [-0.2, 0) is 9.59 Å². The van der Waals surface area contributed by atoms with Crippen LogP contribution in [0.25, 0.3) is 10.8 Å². The lowest BCUT2D eigenvalue weighted by molar-refractivity contribution is -0.124. The Kier molecular flexibility index (Phi) is 4.88. The van der Waals surface area contributed by atoms with Crippen LogP contribution in [0.5, 0.6) is 11.5 Å². The number of benzene rings is 4. The second kappa shape index (κ2) is 8.07. The van der Waals surface area contributed by atoms with Gasteiger partial charge in [0.2, 0.25) is 18.6 Å². The van der Waals surface area contributed by atoms with E-state index in [1.165, 1.54) is 0 Å². The van der Waals surface area contributed by atoms with Gasteiger partial charge in [0.25, 0.3) is 0 Å². The number of nitrogens with one attached hydrogen (secondary N) is 2. The lowest BCUT2D eigenvalue weighted by atomic mass is 10.1. The van der Waals surface area contributed by atoms with Crippen molar-refractivity contribution in [3.05, 3.63) is 77.3 Å². The molecule has 0 unspecified atom stereocenters. The molecular weight excluding hydrogens is 498 g/mol. The molecule has 2 aliphatic rings. The number of amides is 2. The molecule has 2 amide bonds. The van der Waals surface area contributed by atoms with E-state index >= 15 is 0 Å². The lowest BCUT2D eigenvalue weighted by Crippen LogP contribution is -2.26. The Morgan fingerprint density at radius 1 is 0.912 bits per heavy atom. The predicted octanol–water partition coefficient (Wildman–Crippen LogP) is 6.08. The first-order chi connectivity index (χ1) is 16.6. The van der Waals surface area contributed by atoms with Gasteiger partial charge in [0.15, 0.2) is 11.5 Å². The Hall–Kier alpha value is -4.04. The molecule has 4 aromatic carbocycles. The van der Waals surface area contributed by atoms with Gasteiger partial charge in [0.05, 0.1) is 17.1 Å². The monoisotopic (exact) mass is 515 g/mol. The second-order valence-electron chi connectivity index (χ2n) is 7.96. The minimum atomic E-state index is -0.326. The van der Waals surface area contributed by atoms with Crippen molar-refractivity contribution in [2.75, 3.05) is 22.3 Å². The molecule has 4 aromatic rings. The maximum absolute atomic E-state index is 13.1. The van der Waals surface area contributed by atoms with Gasteiger partial charge in [-0.1, -0.05) is 30.3 Å². The summed E-state index contributed by atoms with van der Waals surface area (Å²) in [7, 11) is 0. The summed E-state index contributed by atoms with van der Waals surface area (Å²) >= 11 is 3.55. The van der Waals surface area contributed by atoms with E-state index < -0.39 is 0 Å². The van der Waals surface area contributed by atoms with Gasteiger partial charge in [0, 0.05) is 21.2 Å². The number of anilines is 5. The van der Waals surface area contributed by atoms with E-state index in [1.807, 2.05) is 72.8 Å². The van der Waals surface area contributed by atoms with Crippen LogP contribution in [0.2, 0.25) is 0 Å². The summed E-state index contributed by atoms with van der Waals surface area (Å²) in [6, 6.07) is 22.8. The van der Waals surface area contributed by atoms with Crippen molar-refractivity contribution in [2.24, 2.45) is 0 Å². The van der Waals surface area contributed by atoms with Crippen molar-refractivity contribution in [1.82, 2.24) is 0 Å². The highest BCUT2D eigenvalue weighted by molar-refractivity contribution is 9.10. The summed E-state index contributed by atoms with van der Waals surface area (Å²) in [6.07, 6.45) is -0.233. The smallest absolute Gasteiger partial charge is 0.241 e. The largest absolute Gasteiger partial charge is 0.454 e. The minimum absolute atomic E-state index is 0.178. The van der Waals surface area contributed by atoms with Crippen LogP contribution in [0.1, 0.15) is 6.42 Å². The van der Waals surface area contributed by atoms with Crippen molar-refractivity contribution in [3.8, 4) is 11.5 Å². The summed E-state index contributed by atoms with van der Waals surface area (Å²) in [5.74, 6) is 0.708. The predicted molar refractivity (Wildman–Crippen MR) is 134 cm³/mol. The number of nitrogens with zero attached hydrogens (tertiary/aromatic N) is 1. The number of carbonyl (C=O) groups excluding carboxylic acids is 2. The number of halogens is 1.